The summed E-state index contributed by atoms with van der Waals surface area (Å²) in [6.07, 6.45) is 0. The van der Waals surface area contributed by atoms with Crippen LogP contribution in [-0.4, -0.2) is 13.6 Å². The zero-order valence-corrected chi connectivity index (χ0v) is 2.81. The van der Waals surface area contributed by atoms with Crippen LogP contribution in [0.2, 0.25) is 0 Å². The van der Waals surface area contributed by atoms with Crippen LogP contribution >= 0.6 is 0 Å². The first-order chi connectivity index (χ1) is 2.41. The summed E-state index contributed by atoms with van der Waals surface area (Å²) in [6, 6.07) is 0. The SMILES string of the molecule is CON=CF. The minimum atomic E-state index is 0.0833. The van der Waals surface area contributed by atoms with Crippen molar-refractivity contribution in [3.63, 3.8) is 0 Å². The second-order valence-electron chi connectivity index (χ2n) is 0.386. The molecule has 0 rings (SSSR count). The summed E-state index contributed by atoms with van der Waals surface area (Å²) in [5.74, 6) is 0. The standard InChI is InChI=1S/C2H4FNO/c1-5-4-2-3/h2H,1H3. The van der Waals surface area contributed by atoms with Gasteiger partial charge in [0.1, 0.15) is 7.11 Å². The van der Waals surface area contributed by atoms with Gasteiger partial charge in [0.15, 0.2) is 0 Å². The van der Waals surface area contributed by atoms with E-state index in [4.69, 9.17) is 0 Å². The highest BCUT2D eigenvalue weighted by Crippen LogP contribution is 1.59. The molecular formula is C2H4FNO. The Labute approximate surface area is 29.2 Å². The van der Waals surface area contributed by atoms with Gasteiger partial charge in [-0.05, 0) is 0 Å². The molecule has 30 valence electrons. The summed E-state index contributed by atoms with van der Waals surface area (Å²) in [5, 5.41) is 2.68. The predicted molar refractivity (Wildman–Crippen MR) is 16.6 cm³/mol. The van der Waals surface area contributed by atoms with Crippen molar-refractivity contribution in [1.29, 1.82) is 0 Å². The quantitative estimate of drug-likeness (QED) is 0.330. The topological polar surface area (TPSA) is 21.6 Å². The third-order valence-corrected chi connectivity index (χ3v) is 0.145. The number of hydrogen-bond donors (Lipinski definition) is 0. The normalized spacial score (nSPS) is 9.20. The molecule has 0 saturated heterocycles. The minimum Gasteiger partial charge on any atom is -0.397 e. The van der Waals surface area contributed by atoms with Crippen molar-refractivity contribution in [3.8, 4) is 0 Å². The van der Waals surface area contributed by atoms with E-state index in [1.165, 1.54) is 7.11 Å². The summed E-state index contributed by atoms with van der Waals surface area (Å²) in [4.78, 5) is 3.89. The predicted octanol–water partition coefficient (Wildman–Crippen LogP) is 0.546. The minimum absolute atomic E-state index is 0.0833. The third-order valence-electron chi connectivity index (χ3n) is 0.145. The monoisotopic (exact) mass is 77.0 g/mol. The lowest BCUT2D eigenvalue weighted by Crippen LogP contribution is -1.61. The van der Waals surface area contributed by atoms with Crippen LogP contribution in [0.4, 0.5) is 4.39 Å². The van der Waals surface area contributed by atoms with E-state index in [1.807, 2.05) is 0 Å². The second-order valence-corrected chi connectivity index (χ2v) is 0.386. The van der Waals surface area contributed by atoms with Crippen LogP contribution in [0.1, 0.15) is 0 Å². The van der Waals surface area contributed by atoms with E-state index >= 15 is 0 Å². The number of rotatable bonds is 1. The van der Waals surface area contributed by atoms with Crippen LogP contribution in [0.5, 0.6) is 0 Å². The van der Waals surface area contributed by atoms with Crippen molar-refractivity contribution < 1.29 is 9.23 Å². The van der Waals surface area contributed by atoms with Gasteiger partial charge in [0.2, 0.25) is 6.47 Å². The van der Waals surface area contributed by atoms with Gasteiger partial charge in [-0.1, -0.05) is 5.16 Å². The molecule has 0 aromatic rings. The number of oxime groups is 1. The molecule has 0 aromatic heterocycles. The van der Waals surface area contributed by atoms with E-state index in [1.54, 1.807) is 0 Å². The van der Waals surface area contributed by atoms with Crippen molar-refractivity contribution in [3.05, 3.63) is 0 Å². The third kappa shape index (κ3) is 3.40. The van der Waals surface area contributed by atoms with Gasteiger partial charge in [0, 0.05) is 0 Å². The molecule has 0 N–H and O–H groups in total. The molecular weight excluding hydrogens is 73.0 g/mol. The second kappa shape index (κ2) is 3.40. The highest BCUT2D eigenvalue weighted by molar-refractivity contribution is 5.42. The molecule has 0 aliphatic rings. The van der Waals surface area contributed by atoms with Crippen LogP contribution in [0.3, 0.4) is 0 Å². The molecule has 0 aliphatic carbocycles. The van der Waals surface area contributed by atoms with Gasteiger partial charge >= 0.3 is 0 Å². The van der Waals surface area contributed by atoms with Gasteiger partial charge < -0.3 is 4.84 Å². The van der Waals surface area contributed by atoms with Crippen molar-refractivity contribution >= 4 is 6.47 Å². The molecule has 0 aliphatic heterocycles. The summed E-state index contributed by atoms with van der Waals surface area (Å²) in [5.41, 5.74) is 0. The largest absolute Gasteiger partial charge is 0.397 e. The van der Waals surface area contributed by atoms with E-state index < -0.39 is 0 Å². The molecule has 0 heterocycles. The van der Waals surface area contributed by atoms with E-state index in [-0.39, 0.29) is 6.47 Å². The average Bonchev–Trinajstić information content (AvgIpc) is 1.41. The van der Waals surface area contributed by atoms with Crippen molar-refractivity contribution in [1.82, 2.24) is 0 Å². The Morgan fingerprint density at radius 1 is 2.00 bits per heavy atom. The molecule has 0 atom stereocenters. The first-order valence-electron chi connectivity index (χ1n) is 1.07. The maximum absolute atomic E-state index is 10.6. The van der Waals surface area contributed by atoms with Crippen molar-refractivity contribution in [2.75, 3.05) is 7.11 Å². The lowest BCUT2D eigenvalue weighted by molar-refractivity contribution is 0.211. The Bertz CT molecular complexity index is 36.6. The van der Waals surface area contributed by atoms with Crippen LogP contribution in [0.25, 0.3) is 0 Å². The highest BCUT2D eigenvalue weighted by atomic mass is 19.1. The lowest BCUT2D eigenvalue weighted by Gasteiger charge is -1.73. The highest BCUT2D eigenvalue weighted by Gasteiger charge is 1.50. The van der Waals surface area contributed by atoms with E-state index in [0.29, 0.717) is 0 Å². The Hall–Kier alpha value is -0.600. The summed E-state index contributed by atoms with van der Waals surface area (Å²) >= 11 is 0. The molecule has 0 unspecified atom stereocenters. The molecule has 0 amide bonds. The number of hydrogen-bond acceptors (Lipinski definition) is 2. The van der Waals surface area contributed by atoms with Crippen LogP contribution < -0.4 is 0 Å². The average molecular weight is 77.1 g/mol. The van der Waals surface area contributed by atoms with Gasteiger partial charge in [0.25, 0.3) is 0 Å². The molecule has 0 spiro atoms. The molecule has 0 aromatic carbocycles. The Kier molecular flexibility index (Phi) is 2.99. The van der Waals surface area contributed by atoms with Gasteiger partial charge in [-0.25, -0.2) is 0 Å². The fraction of sp³-hybridized carbons (Fsp3) is 0.500. The Morgan fingerprint density at radius 2 is 2.60 bits per heavy atom. The van der Waals surface area contributed by atoms with E-state index in [9.17, 15) is 4.39 Å². The Balaban J connectivity index is 2.62. The molecule has 0 radical (unpaired) electrons. The van der Waals surface area contributed by atoms with Crippen LogP contribution in [0.15, 0.2) is 5.16 Å². The van der Waals surface area contributed by atoms with Crippen LogP contribution in [-0.2, 0) is 4.84 Å². The summed E-state index contributed by atoms with van der Waals surface area (Å²) in [6.45, 7) is 0.0833. The fourth-order valence-corrected chi connectivity index (χ4v) is 0.0398. The van der Waals surface area contributed by atoms with E-state index in [2.05, 4.69) is 9.99 Å². The zero-order chi connectivity index (χ0) is 4.12. The summed E-state index contributed by atoms with van der Waals surface area (Å²) in [7, 11) is 1.27. The lowest BCUT2D eigenvalue weighted by atomic mass is 11.6. The van der Waals surface area contributed by atoms with E-state index in [0.717, 1.165) is 0 Å². The van der Waals surface area contributed by atoms with Crippen molar-refractivity contribution in [2.24, 2.45) is 5.16 Å². The van der Waals surface area contributed by atoms with Crippen molar-refractivity contribution in [2.45, 2.75) is 0 Å². The van der Waals surface area contributed by atoms with Gasteiger partial charge in [-0.2, -0.15) is 4.39 Å². The molecule has 0 saturated carbocycles. The number of halogens is 1. The zero-order valence-electron chi connectivity index (χ0n) is 2.81. The fourth-order valence-electron chi connectivity index (χ4n) is 0.0398. The Morgan fingerprint density at radius 3 is 2.60 bits per heavy atom. The molecule has 3 heteroatoms. The van der Waals surface area contributed by atoms with Gasteiger partial charge in [-0.15, -0.1) is 0 Å². The smallest absolute Gasteiger partial charge is 0.214 e. The van der Waals surface area contributed by atoms with Gasteiger partial charge in [-0.3, -0.25) is 0 Å². The molecule has 2 nitrogen and oxygen atoms in total. The first kappa shape index (κ1) is 4.40. The van der Waals surface area contributed by atoms with Crippen LogP contribution in [0, 0.1) is 0 Å². The summed E-state index contributed by atoms with van der Waals surface area (Å²) < 4.78 is 10.6. The maximum atomic E-state index is 10.6. The van der Waals surface area contributed by atoms with Gasteiger partial charge in [0.05, 0.1) is 0 Å². The molecule has 0 fully saturated rings. The molecule has 0 bridgehead atoms. The number of nitrogens with zero attached hydrogens (tertiary/aromatic N) is 1. The maximum Gasteiger partial charge on any atom is 0.214 e. The molecule has 5 heavy (non-hydrogen) atoms. The first-order valence-corrected chi connectivity index (χ1v) is 1.07.